The Kier molecular flexibility index (Phi) is 4.12. The molecule has 0 saturated heterocycles. The van der Waals surface area contributed by atoms with Crippen LogP contribution in [0.15, 0.2) is 36.4 Å². The Bertz CT molecular complexity index is 674. The Morgan fingerprint density at radius 2 is 1.81 bits per heavy atom. The van der Waals surface area contributed by atoms with E-state index in [0.29, 0.717) is 5.56 Å². The standard InChI is InChI=1S/C16H18N2O3/c1-10-9-14(15(19)17-11(2)16(20)21)12(3)18(10)13-7-5-4-6-8-13/h4-9,11H,1-3H3,(H,17,19)(H,20,21)/t11-/m1/s1. The second-order valence-corrected chi connectivity index (χ2v) is 4.99. The Morgan fingerprint density at radius 1 is 1.19 bits per heavy atom. The largest absolute Gasteiger partial charge is 0.480 e. The lowest BCUT2D eigenvalue weighted by Crippen LogP contribution is -2.38. The van der Waals surface area contributed by atoms with Crippen LogP contribution in [0, 0.1) is 13.8 Å². The molecule has 0 spiro atoms. The maximum Gasteiger partial charge on any atom is 0.325 e. The molecule has 0 aliphatic carbocycles. The van der Waals surface area contributed by atoms with E-state index in [9.17, 15) is 9.59 Å². The summed E-state index contributed by atoms with van der Waals surface area (Å²) in [4.78, 5) is 23.0. The Balaban J connectivity index is 2.36. The Hall–Kier alpha value is -2.56. The van der Waals surface area contributed by atoms with Gasteiger partial charge in [-0.1, -0.05) is 18.2 Å². The van der Waals surface area contributed by atoms with Crippen LogP contribution in [0.2, 0.25) is 0 Å². The normalized spacial score (nSPS) is 12.0. The number of aliphatic carboxylic acids is 1. The van der Waals surface area contributed by atoms with E-state index in [-0.39, 0.29) is 5.91 Å². The molecule has 2 rings (SSSR count). The molecule has 5 heteroatoms. The van der Waals surface area contributed by atoms with Gasteiger partial charge in [-0.25, -0.2) is 0 Å². The van der Waals surface area contributed by atoms with Gasteiger partial charge in [0.25, 0.3) is 5.91 Å². The summed E-state index contributed by atoms with van der Waals surface area (Å²) in [5.41, 5.74) is 3.17. The number of carbonyl (C=O) groups is 2. The van der Waals surface area contributed by atoms with Gasteiger partial charge >= 0.3 is 5.97 Å². The summed E-state index contributed by atoms with van der Waals surface area (Å²) in [6.07, 6.45) is 0. The number of aryl methyl sites for hydroxylation is 1. The zero-order valence-electron chi connectivity index (χ0n) is 12.3. The van der Waals surface area contributed by atoms with Gasteiger partial charge < -0.3 is 15.0 Å². The lowest BCUT2D eigenvalue weighted by molar-refractivity contribution is -0.138. The zero-order chi connectivity index (χ0) is 15.6. The number of benzene rings is 1. The van der Waals surface area contributed by atoms with Crippen molar-refractivity contribution in [3.05, 3.63) is 53.3 Å². The lowest BCUT2D eigenvalue weighted by Gasteiger charge is -2.11. The van der Waals surface area contributed by atoms with E-state index < -0.39 is 12.0 Å². The number of hydrogen-bond acceptors (Lipinski definition) is 2. The summed E-state index contributed by atoms with van der Waals surface area (Å²) in [7, 11) is 0. The molecule has 1 aromatic carbocycles. The van der Waals surface area contributed by atoms with Gasteiger partial charge in [0.15, 0.2) is 0 Å². The molecule has 110 valence electrons. The minimum absolute atomic E-state index is 0.375. The summed E-state index contributed by atoms with van der Waals surface area (Å²) < 4.78 is 1.97. The fourth-order valence-electron chi connectivity index (χ4n) is 2.30. The smallest absolute Gasteiger partial charge is 0.325 e. The van der Waals surface area contributed by atoms with Gasteiger partial charge in [-0.2, -0.15) is 0 Å². The summed E-state index contributed by atoms with van der Waals surface area (Å²) >= 11 is 0. The van der Waals surface area contributed by atoms with Gasteiger partial charge in [0.2, 0.25) is 0 Å². The molecule has 0 unspecified atom stereocenters. The third-order valence-corrected chi connectivity index (χ3v) is 3.41. The van der Waals surface area contributed by atoms with Gasteiger partial charge in [-0.3, -0.25) is 9.59 Å². The monoisotopic (exact) mass is 286 g/mol. The first kappa shape index (κ1) is 14.8. The first-order valence-electron chi connectivity index (χ1n) is 6.70. The van der Waals surface area contributed by atoms with Crippen molar-refractivity contribution < 1.29 is 14.7 Å². The average Bonchev–Trinajstić information content (AvgIpc) is 2.74. The number of rotatable bonds is 4. The third kappa shape index (κ3) is 2.97. The van der Waals surface area contributed by atoms with E-state index in [0.717, 1.165) is 17.1 Å². The molecule has 0 bridgehead atoms. The molecule has 0 aliphatic rings. The van der Waals surface area contributed by atoms with E-state index in [1.807, 2.05) is 48.7 Å². The fraction of sp³-hybridized carbons (Fsp3) is 0.250. The molecule has 1 aromatic heterocycles. The molecule has 1 amide bonds. The van der Waals surface area contributed by atoms with Crippen LogP contribution in [0.3, 0.4) is 0 Å². The molecule has 0 radical (unpaired) electrons. The molecular weight excluding hydrogens is 268 g/mol. The van der Waals surface area contributed by atoms with Crippen molar-refractivity contribution in [2.75, 3.05) is 0 Å². The average molecular weight is 286 g/mol. The van der Waals surface area contributed by atoms with Crippen molar-refractivity contribution in [1.29, 1.82) is 0 Å². The molecule has 5 nitrogen and oxygen atoms in total. The molecule has 0 saturated carbocycles. The highest BCUT2D eigenvalue weighted by Crippen LogP contribution is 2.20. The SMILES string of the molecule is Cc1cc(C(=O)N[C@H](C)C(=O)O)c(C)n1-c1ccccc1. The summed E-state index contributed by atoms with van der Waals surface area (Å²) in [6.45, 7) is 5.20. The van der Waals surface area contributed by atoms with Gasteiger partial charge in [-0.15, -0.1) is 0 Å². The van der Waals surface area contributed by atoms with Crippen molar-refractivity contribution in [1.82, 2.24) is 9.88 Å². The predicted octanol–water partition coefficient (Wildman–Crippen LogP) is 2.30. The highest BCUT2D eigenvalue weighted by Gasteiger charge is 2.20. The Labute approximate surface area is 123 Å². The minimum Gasteiger partial charge on any atom is -0.480 e. The molecule has 1 heterocycles. The molecule has 0 fully saturated rings. The van der Waals surface area contributed by atoms with Crippen molar-refractivity contribution in [2.24, 2.45) is 0 Å². The first-order chi connectivity index (χ1) is 9.91. The van der Waals surface area contributed by atoms with Gasteiger partial charge in [-0.05, 0) is 39.0 Å². The molecule has 21 heavy (non-hydrogen) atoms. The van der Waals surface area contributed by atoms with Crippen LogP contribution in [0.25, 0.3) is 5.69 Å². The number of amides is 1. The highest BCUT2D eigenvalue weighted by molar-refractivity contribution is 5.98. The summed E-state index contributed by atoms with van der Waals surface area (Å²) in [5.74, 6) is -1.43. The van der Waals surface area contributed by atoms with Crippen molar-refractivity contribution >= 4 is 11.9 Å². The summed E-state index contributed by atoms with van der Waals surface area (Å²) in [5, 5.41) is 11.3. The van der Waals surface area contributed by atoms with E-state index >= 15 is 0 Å². The number of aromatic nitrogens is 1. The van der Waals surface area contributed by atoms with Crippen LogP contribution >= 0.6 is 0 Å². The number of hydrogen-bond donors (Lipinski definition) is 2. The van der Waals surface area contributed by atoms with Crippen LogP contribution < -0.4 is 5.32 Å². The van der Waals surface area contributed by atoms with E-state index in [1.165, 1.54) is 6.92 Å². The first-order valence-corrected chi connectivity index (χ1v) is 6.70. The van der Waals surface area contributed by atoms with Crippen LogP contribution in [0.1, 0.15) is 28.7 Å². The van der Waals surface area contributed by atoms with E-state index in [4.69, 9.17) is 5.11 Å². The second-order valence-electron chi connectivity index (χ2n) is 4.99. The highest BCUT2D eigenvalue weighted by atomic mass is 16.4. The number of para-hydroxylation sites is 1. The number of carboxylic acid groups (broad SMARTS) is 1. The predicted molar refractivity (Wildman–Crippen MR) is 79.8 cm³/mol. The van der Waals surface area contributed by atoms with Crippen molar-refractivity contribution in [3.8, 4) is 5.69 Å². The third-order valence-electron chi connectivity index (χ3n) is 3.41. The molecule has 2 aromatic rings. The maximum atomic E-state index is 12.2. The topological polar surface area (TPSA) is 71.3 Å². The number of carbonyl (C=O) groups excluding carboxylic acids is 1. The molecular formula is C16H18N2O3. The van der Waals surface area contributed by atoms with E-state index in [1.54, 1.807) is 6.07 Å². The van der Waals surface area contributed by atoms with Gasteiger partial charge in [0, 0.05) is 17.1 Å². The van der Waals surface area contributed by atoms with Crippen LogP contribution in [0.5, 0.6) is 0 Å². The minimum atomic E-state index is -1.06. The summed E-state index contributed by atoms with van der Waals surface area (Å²) in [6, 6.07) is 10.6. The maximum absolute atomic E-state index is 12.2. The number of nitrogens with one attached hydrogen (secondary N) is 1. The van der Waals surface area contributed by atoms with E-state index in [2.05, 4.69) is 5.32 Å². The quantitative estimate of drug-likeness (QED) is 0.906. The number of carboxylic acids is 1. The van der Waals surface area contributed by atoms with Gasteiger partial charge in [0.05, 0.1) is 5.56 Å². The van der Waals surface area contributed by atoms with Crippen molar-refractivity contribution in [3.63, 3.8) is 0 Å². The zero-order valence-corrected chi connectivity index (χ0v) is 12.3. The van der Waals surface area contributed by atoms with Crippen molar-refractivity contribution in [2.45, 2.75) is 26.8 Å². The fourth-order valence-corrected chi connectivity index (χ4v) is 2.30. The molecule has 1 atom stereocenters. The molecule has 2 N–H and O–H groups in total. The second kappa shape index (κ2) is 5.83. The van der Waals surface area contributed by atoms with Crippen LogP contribution in [-0.2, 0) is 4.79 Å². The van der Waals surface area contributed by atoms with Crippen LogP contribution in [-0.4, -0.2) is 27.6 Å². The lowest BCUT2D eigenvalue weighted by atomic mass is 10.2. The number of nitrogens with zero attached hydrogens (tertiary/aromatic N) is 1. The molecule has 0 aliphatic heterocycles. The van der Waals surface area contributed by atoms with Gasteiger partial charge in [0.1, 0.15) is 6.04 Å². The van der Waals surface area contributed by atoms with Crippen LogP contribution in [0.4, 0.5) is 0 Å². The Morgan fingerprint density at radius 3 is 2.38 bits per heavy atom.